The Labute approximate surface area is 188 Å². The number of nitrogens with zero attached hydrogens (tertiary/aromatic N) is 5. The van der Waals surface area contributed by atoms with Gasteiger partial charge in [-0.3, -0.25) is 13.8 Å². The molecule has 32 heavy (non-hydrogen) atoms. The van der Waals surface area contributed by atoms with Gasteiger partial charge in [-0.1, -0.05) is 36.0 Å². The molecule has 0 N–H and O–H groups in total. The second kappa shape index (κ2) is 8.51. The van der Waals surface area contributed by atoms with Gasteiger partial charge >= 0.3 is 0 Å². The number of hydrogen-bond acceptors (Lipinski definition) is 7. The first-order valence-electron chi connectivity index (χ1n) is 10.2. The molecule has 0 saturated carbocycles. The van der Waals surface area contributed by atoms with Crippen LogP contribution in [0.3, 0.4) is 0 Å². The van der Waals surface area contributed by atoms with Gasteiger partial charge in [-0.2, -0.15) is 0 Å². The number of thioether (sulfide) groups is 1. The van der Waals surface area contributed by atoms with E-state index in [0.717, 1.165) is 11.3 Å². The van der Waals surface area contributed by atoms with Crippen LogP contribution < -0.4 is 15.0 Å². The van der Waals surface area contributed by atoms with E-state index in [0.29, 0.717) is 47.0 Å². The topological polar surface area (TPSA) is 83.5 Å². The Morgan fingerprint density at radius 2 is 2.06 bits per heavy atom. The van der Waals surface area contributed by atoms with E-state index in [-0.39, 0.29) is 11.7 Å². The van der Waals surface area contributed by atoms with Crippen molar-refractivity contribution in [2.24, 2.45) is 0 Å². The largest absolute Gasteiger partial charge is 0.485 e. The number of ether oxygens (including phenoxy) is 2. The lowest BCUT2D eigenvalue weighted by molar-refractivity contribution is 0.0821. The van der Waals surface area contributed by atoms with E-state index in [4.69, 9.17) is 9.47 Å². The van der Waals surface area contributed by atoms with Crippen molar-refractivity contribution in [1.82, 2.24) is 24.1 Å². The normalized spacial score (nSPS) is 15.1. The Bertz CT molecular complexity index is 1360. The summed E-state index contributed by atoms with van der Waals surface area (Å²) in [5, 5.41) is 9.43. The molecule has 162 valence electrons. The minimum atomic E-state index is -0.377. The molecule has 0 bridgehead atoms. The maximum absolute atomic E-state index is 12.5. The van der Waals surface area contributed by atoms with Crippen LogP contribution in [0, 0.1) is 6.92 Å². The van der Waals surface area contributed by atoms with Crippen molar-refractivity contribution >= 4 is 17.4 Å². The number of rotatable bonds is 6. The van der Waals surface area contributed by atoms with Crippen LogP contribution in [-0.2, 0) is 12.3 Å². The molecule has 0 radical (unpaired) electrons. The SMILES string of the molecule is C=CCn1c(SCc2cc(=O)n3cc(C)ccc3n2)nnc1[C@@H]1COc2ccccc2O1. The van der Waals surface area contributed by atoms with Gasteiger partial charge in [0.25, 0.3) is 5.56 Å². The van der Waals surface area contributed by atoms with Crippen molar-refractivity contribution in [3.8, 4) is 11.5 Å². The van der Waals surface area contributed by atoms with Crippen molar-refractivity contribution in [2.45, 2.75) is 30.5 Å². The molecular weight excluding hydrogens is 426 g/mol. The van der Waals surface area contributed by atoms with Crippen LogP contribution in [0.1, 0.15) is 23.2 Å². The van der Waals surface area contributed by atoms with Crippen LogP contribution in [0.4, 0.5) is 0 Å². The number of allylic oxidation sites excluding steroid dienone is 1. The quantitative estimate of drug-likeness (QED) is 0.330. The maximum atomic E-state index is 12.5. The van der Waals surface area contributed by atoms with E-state index in [1.807, 2.05) is 47.9 Å². The van der Waals surface area contributed by atoms with Crippen molar-refractivity contribution < 1.29 is 9.47 Å². The zero-order valence-corrected chi connectivity index (χ0v) is 18.3. The van der Waals surface area contributed by atoms with Crippen molar-refractivity contribution in [3.63, 3.8) is 0 Å². The fraction of sp³-hybridized carbons (Fsp3) is 0.217. The molecule has 4 aromatic rings. The van der Waals surface area contributed by atoms with Crippen LogP contribution >= 0.6 is 11.8 Å². The van der Waals surface area contributed by atoms with E-state index in [1.165, 1.54) is 11.8 Å². The molecule has 1 aliphatic heterocycles. The predicted molar refractivity (Wildman–Crippen MR) is 121 cm³/mol. The van der Waals surface area contributed by atoms with Gasteiger partial charge < -0.3 is 9.47 Å². The van der Waals surface area contributed by atoms with E-state index in [1.54, 1.807) is 22.7 Å². The summed E-state index contributed by atoms with van der Waals surface area (Å²) >= 11 is 1.47. The Morgan fingerprint density at radius 3 is 2.91 bits per heavy atom. The molecule has 1 aromatic carbocycles. The second-order valence-corrected chi connectivity index (χ2v) is 8.36. The van der Waals surface area contributed by atoms with Crippen LogP contribution in [0.5, 0.6) is 11.5 Å². The molecule has 0 spiro atoms. The van der Waals surface area contributed by atoms with Gasteiger partial charge in [0.2, 0.25) is 0 Å². The third kappa shape index (κ3) is 3.87. The summed E-state index contributed by atoms with van der Waals surface area (Å²) in [5.74, 6) is 2.56. The number of aryl methyl sites for hydroxylation is 1. The van der Waals surface area contributed by atoms with Gasteiger partial charge in [-0.25, -0.2) is 4.98 Å². The lowest BCUT2D eigenvalue weighted by Gasteiger charge is -2.26. The predicted octanol–water partition coefficient (Wildman–Crippen LogP) is 3.59. The summed E-state index contributed by atoms with van der Waals surface area (Å²) < 4.78 is 15.5. The lowest BCUT2D eigenvalue weighted by atomic mass is 10.2. The highest BCUT2D eigenvalue weighted by Crippen LogP contribution is 2.36. The summed E-state index contributed by atoms with van der Waals surface area (Å²) in [6.45, 7) is 6.67. The molecule has 0 fully saturated rings. The number of para-hydroxylation sites is 2. The summed E-state index contributed by atoms with van der Waals surface area (Å²) in [7, 11) is 0. The molecule has 1 atom stereocenters. The number of pyridine rings is 1. The first kappa shape index (κ1) is 20.3. The van der Waals surface area contributed by atoms with Crippen molar-refractivity contribution in [3.05, 3.63) is 88.8 Å². The molecule has 8 nitrogen and oxygen atoms in total. The Kier molecular flexibility index (Phi) is 5.40. The lowest BCUT2D eigenvalue weighted by Crippen LogP contribution is -2.25. The fourth-order valence-electron chi connectivity index (χ4n) is 3.56. The second-order valence-electron chi connectivity index (χ2n) is 7.41. The Morgan fingerprint density at radius 1 is 1.22 bits per heavy atom. The van der Waals surface area contributed by atoms with Gasteiger partial charge in [-0.05, 0) is 30.7 Å². The van der Waals surface area contributed by atoms with E-state index >= 15 is 0 Å². The Balaban J connectivity index is 1.39. The smallest absolute Gasteiger partial charge is 0.258 e. The zero-order chi connectivity index (χ0) is 22.1. The zero-order valence-electron chi connectivity index (χ0n) is 17.5. The van der Waals surface area contributed by atoms with Gasteiger partial charge in [0, 0.05) is 24.6 Å². The molecule has 3 aromatic heterocycles. The monoisotopic (exact) mass is 447 g/mol. The first-order valence-corrected chi connectivity index (χ1v) is 11.1. The van der Waals surface area contributed by atoms with E-state index < -0.39 is 0 Å². The number of benzene rings is 1. The molecule has 0 unspecified atom stereocenters. The Hall–Kier alpha value is -3.59. The number of fused-ring (bicyclic) bond motifs is 2. The molecule has 0 saturated heterocycles. The van der Waals surface area contributed by atoms with Gasteiger partial charge in [0.05, 0.1) is 5.69 Å². The third-order valence-corrected chi connectivity index (χ3v) is 6.06. The van der Waals surface area contributed by atoms with Crippen LogP contribution in [0.15, 0.2) is 71.3 Å². The van der Waals surface area contributed by atoms with Crippen LogP contribution in [-0.4, -0.2) is 30.8 Å². The third-order valence-electron chi connectivity index (χ3n) is 5.06. The van der Waals surface area contributed by atoms with Crippen LogP contribution in [0.25, 0.3) is 5.65 Å². The van der Waals surface area contributed by atoms with Gasteiger partial charge in [0.15, 0.2) is 28.6 Å². The summed E-state index contributed by atoms with van der Waals surface area (Å²) in [5.41, 5.74) is 2.21. The minimum Gasteiger partial charge on any atom is -0.485 e. The number of hydrogen-bond donors (Lipinski definition) is 0. The summed E-state index contributed by atoms with van der Waals surface area (Å²) in [6, 6.07) is 12.9. The standard InChI is InChI=1S/C23H21N5O3S/c1-3-10-27-22(19-13-30-17-6-4-5-7-18(17)31-19)25-26-23(27)32-14-16-11-21(29)28-12-15(2)8-9-20(28)24-16/h3-9,11-12,19H,1,10,13-14H2,2H3/t19-/m0/s1. The average Bonchev–Trinajstić information content (AvgIpc) is 3.20. The highest BCUT2D eigenvalue weighted by Gasteiger charge is 2.28. The first-order chi connectivity index (χ1) is 15.6. The average molecular weight is 448 g/mol. The molecule has 4 heterocycles. The van der Waals surface area contributed by atoms with Crippen molar-refractivity contribution in [2.75, 3.05) is 6.61 Å². The van der Waals surface area contributed by atoms with Gasteiger partial charge in [0.1, 0.15) is 12.3 Å². The molecule has 9 heteroatoms. The van der Waals surface area contributed by atoms with E-state index in [9.17, 15) is 4.79 Å². The summed E-state index contributed by atoms with van der Waals surface area (Å²) in [6.07, 6.45) is 3.20. The minimum absolute atomic E-state index is 0.103. The molecule has 0 amide bonds. The maximum Gasteiger partial charge on any atom is 0.258 e. The van der Waals surface area contributed by atoms with Crippen LogP contribution in [0.2, 0.25) is 0 Å². The molecule has 5 rings (SSSR count). The summed E-state index contributed by atoms with van der Waals surface area (Å²) in [4.78, 5) is 17.1. The molecule has 1 aliphatic rings. The molecule has 0 aliphatic carbocycles. The van der Waals surface area contributed by atoms with Crippen molar-refractivity contribution in [1.29, 1.82) is 0 Å². The highest BCUT2D eigenvalue weighted by molar-refractivity contribution is 7.98. The van der Waals surface area contributed by atoms with E-state index in [2.05, 4.69) is 21.8 Å². The molecular formula is C23H21N5O3S. The number of aromatic nitrogens is 5. The fourth-order valence-corrected chi connectivity index (χ4v) is 4.41. The van der Waals surface area contributed by atoms with Gasteiger partial charge in [-0.15, -0.1) is 16.8 Å². The highest BCUT2D eigenvalue weighted by atomic mass is 32.2.